The molecule has 0 bridgehead atoms. The third-order valence-electron chi connectivity index (χ3n) is 7.42. The SMILES string of the molecule is COC(=O)CCc1cccc(N2CC(CCC[C@H](C)c3cccc4ccccc34)Oc3ccccc32)c1. The number of carbonyl (C=O) groups is 1. The molecule has 4 heteroatoms. The van der Waals surface area contributed by atoms with Crippen LogP contribution in [0.5, 0.6) is 5.75 Å². The van der Waals surface area contributed by atoms with E-state index in [0.29, 0.717) is 18.8 Å². The van der Waals surface area contributed by atoms with Gasteiger partial charge in [-0.3, -0.25) is 4.79 Å². The molecule has 1 aliphatic heterocycles. The molecule has 0 amide bonds. The summed E-state index contributed by atoms with van der Waals surface area (Å²) in [6, 6.07) is 32.1. The smallest absolute Gasteiger partial charge is 0.305 e. The second-order valence-electron chi connectivity index (χ2n) is 9.96. The highest BCUT2D eigenvalue weighted by molar-refractivity contribution is 5.86. The van der Waals surface area contributed by atoms with Crippen LogP contribution in [0.2, 0.25) is 0 Å². The lowest BCUT2D eigenvalue weighted by Gasteiger charge is -2.36. The van der Waals surface area contributed by atoms with E-state index in [1.807, 2.05) is 6.07 Å². The van der Waals surface area contributed by atoms with Gasteiger partial charge in [0.15, 0.2) is 0 Å². The third kappa shape index (κ3) is 5.80. The molecule has 2 atom stereocenters. The first-order valence-corrected chi connectivity index (χ1v) is 13.3. The lowest BCUT2D eigenvalue weighted by molar-refractivity contribution is -0.140. The maximum atomic E-state index is 11.6. The standard InChI is InChI=1S/C33H35NO3/c1-24(29-17-9-13-26-12-3-4-16-30(26)29)10-7-15-28-23-34(31-18-5-6-19-32(31)37-28)27-14-8-11-25(22-27)20-21-33(35)36-2/h3-6,8-9,11-14,16-19,22,24,28H,7,10,15,20-21,23H2,1-2H3/t24-,28?/m0/s1. The molecule has 4 aromatic carbocycles. The molecule has 0 saturated heterocycles. The number of hydrogen-bond acceptors (Lipinski definition) is 4. The molecular weight excluding hydrogens is 458 g/mol. The number of carbonyl (C=O) groups excluding carboxylic acids is 1. The molecule has 1 aliphatic rings. The molecule has 0 radical (unpaired) electrons. The number of aryl methyl sites for hydroxylation is 1. The van der Waals surface area contributed by atoms with E-state index in [9.17, 15) is 4.79 Å². The van der Waals surface area contributed by atoms with Crippen LogP contribution < -0.4 is 9.64 Å². The molecule has 0 aliphatic carbocycles. The summed E-state index contributed by atoms with van der Waals surface area (Å²) < 4.78 is 11.3. The first-order chi connectivity index (χ1) is 18.1. The van der Waals surface area contributed by atoms with Gasteiger partial charge in [-0.1, -0.05) is 73.7 Å². The largest absolute Gasteiger partial charge is 0.486 e. The fourth-order valence-corrected chi connectivity index (χ4v) is 5.41. The van der Waals surface area contributed by atoms with E-state index in [1.165, 1.54) is 23.4 Å². The minimum atomic E-state index is -0.181. The van der Waals surface area contributed by atoms with Gasteiger partial charge in [0.05, 0.1) is 19.3 Å². The summed E-state index contributed by atoms with van der Waals surface area (Å²) >= 11 is 0. The normalized spacial score (nSPS) is 15.6. The Bertz CT molecular complexity index is 1360. The predicted octanol–water partition coefficient (Wildman–Crippen LogP) is 7.82. The van der Waals surface area contributed by atoms with E-state index in [-0.39, 0.29) is 12.1 Å². The zero-order valence-electron chi connectivity index (χ0n) is 21.7. The van der Waals surface area contributed by atoms with Gasteiger partial charge < -0.3 is 14.4 Å². The van der Waals surface area contributed by atoms with Crippen LogP contribution in [0, 0.1) is 0 Å². The van der Waals surface area contributed by atoms with Gasteiger partial charge in [0, 0.05) is 12.1 Å². The topological polar surface area (TPSA) is 38.8 Å². The monoisotopic (exact) mass is 493 g/mol. The quantitative estimate of drug-likeness (QED) is 0.223. The molecule has 0 fully saturated rings. The summed E-state index contributed by atoms with van der Waals surface area (Å²) in [6.45, 7) is 3.14. The maximum Gasteiger partial charge on any atom is 0.305 e. The summed E-state index contributed by atoms with van der Waals surface area (Å²) in [5.41, 5.74) is 4.78. The number of esters is 1. The van der Waals surface area contributed by atoms with E-state index in [1.54, 1.807) is 0 Å². The Morgan fingerprint density at radius 3 is 2.68 bits per heavy atom. The van der Waals surface area contributed by atoms with Crippen molar-refractivity contribution in [2.24, 2.45) is 0 Å². The number of ether oxygens (including phenoxy) is 2. The Balaban J connectivity index is 1.27. The number of hydrogen-bond donors (Lipinski definition) is 0. The van der Waals surface area contributed by atoms with E-state index in [0.717, 1.165) is 48.5 Å². The molecule has 4 nitrogen and oxygen atoms in total. The van der Waals surface area contributed by atoms with Crippen LogP contribution in [0.25, 0.3) is 10.8 Å². The summed E-state index contributed by atoms with van der Waals surface area (Å²) in [7, 11) is 1.44. The van der Waals surface area contributed by atoms with Crippen LogP contribution in [-0.2, 0) is 16.0 Å². The van der Waals surface area contributed by atoms with Crippen molar-refractivity contribution in [2.45, 2.75) is 51.0 Å². The molecule has 5 rings (SSSR count). The van der Waals surface area contributed by atoms with Crippen molar-refractivity contribution < 1.29 is 14.3 Å². The Morgan fingerprint density at radius 1 is 1.00 bits per heavy atom. The Kier molecular flexibility index (Phi) is 7.74. The second kappa shape index (κ2) is 11.5. The van der Waals surface area contributed by atoms with Crippen molar-refractivity contribution >= 4 is 28.1 Å². The molecule has 0 aromatic heterocycles. The molecule has 1 unspecified atom stereocenters. The van der Waals surface area contributed by atoms with Crippen LogP contribution in [0.4, 0.5) is 11.4 Å². The van der Waals surface area contributed by atoms with Gasteiger partial charge in [-0.05, 0) is 77.8 Å². The van der Waals surface area contributed by atoms with Crippen LogP contribution in [0.3, 0.4) is 0 Å². The molecule has 0 saturated carbocycles. The number of fused-ring (bicyclic) bond motifs is 2. The number of para-hydroxylation sites is 2. The van der Waals surface area contributed by atoms with Gasteiger partial charge >= 0.3 is 5.97 Å². The second-order valence-corrected chi connectivity index (χ2v) is 9.96. The number of rotatable bonds is 9. The maximum absolute atomic E-state index is 11.6. The third-order valence-corrected chi connectivity index (χ3v) is 7.42. The summed E-state index contributed by atoms with van der Waals surface area (Å²) in [4.78, 5) is 14.0. The van der Waals surface area contributed by atoms with E-state index in [2.05, 4.69) is 96.8 Å². The first kappa shape index (κ1) is 24.9. The molecule has 0 spiro atoms. The summed E-state index contributed by atoms with van der Waals surface area (Å²) in [6.07, 6.45) is 4.40. The molecule has 4 aromatic rings. The highest BCUT2D eigenvalue weighted by atomic mass is 16.5. The van der Waals surface area contributed by atoms with Crippen LogP contribution in [0.15, 0.2) is 91.0 Å². The Labute approximate surface area is 219 Å². The highest BCUT2D eigenvalue weighted by Gasteiger charge is 2.26. The van der Waals surface area contributed by atoms with Gasteiger partial charge in [-0.15, -0.1) is 0 Å². The predicted molar refractivity (Wildman–Crippen MR) is 151 cm³/mol. The van der Waals surface area contributed by atoms with Crippen LogP contribution in [-0.4, -0.2) is 25.7 Å². The molecular formula is C33H35NO3. The van der Waals surface area contributed by atoms with Crippen LogP contribution in [0.1, 0.15) is 49.7 Å². The van der Waals surface area contributed by atoms with Gasteiger partial charge in [0.25, 0.3) is 0 Å². The highest BCUT2D eigenvalue weighted by Crippen LogP contribution is 2.39. The lowest BCUT2D eigenvalue weighted by Crippen LogP contribution is -2.37. The van der Waals surface area contributed by atoms with Gasteiger partial charge in [-0.2, -0.15) is 0 Å². The Hall–Kier alpha value is -3.79. The van der Waals surface area contributed by atoms with Crippen molar-refractivity contribution in [3.05, 3.63) is 102 Å². The number of anilines is 2. The average Bonchev–Trinajstić information content (AvgIpc) is 2.95. The van der Waals surface area contributed by atoms with Crippen LogP contribution >= 0.6 is 0 Å². The molecule has 0 N–H and O–H groups in total. The summed E-state index contributed by atoms with van der Waals surface area (Å²) in [5, 5.41) is 2.67. The minimum absolute atomic E-state index is 0.119. The minimum Gasteiger partial charge on any atom is -0.486 e. The fourth-order valence-electron chi connectivity index (χ4n) is 5.41. The van der Waals surface area contributed by atoms with Crippen molar-refractivity contribution in [2.75, 3.05) is 18.6 Å². The summed E-state index contributed by atoms with van der Waals surface area (Å²) in [5.74, 6) is 1.24. The van der Waals surface area contributed by atoms with Crippen molar-refractivity contribution in [1.82, 2.24) is 0 Å². The number of benzene rings is 4. The van der Waals surface area contributed by atoms with Gasteiger partial charge in [-0.25, -0.2) is 0 Å². The number of methoxy groups -OCH3 is 1. The molecule has 1 heterocycles. The zero-order valence-corrected chi connectivity index (χ0v) is 21.7. The van der Waals surface area contributed by atoms with Gasteiger partial charge in [0.1, 0.15) is 11.9 Å². The lowest BCUT2D eigenvalue weighted by atomic mass is 9.90. The van der Waals surface area contributed by atoms with E-state index in [4.69, 9.17) is 9.47 Å². The van der Waals surface area contributed by atoms with E-state index >= 15 is 0 Å². The molecule has 37 heavy (non-hydrogen) atoms. The zero-order chi connectivity index (χ0) is 25.6. The van der Waals surface area contributed by atoms with Crippen molar-refractivity contribution in [3.8, 4) is 5.75 Å². The Morgan fingerprint density at radius 2 is 1.78 bits per heavy atom. The fraction of sp³-hybridized carbons (Fsp3) is 0.303. The van der Waals surface area contributed by atoms with E-state index < -0.39 is 0 Å². The van der Waals surface area contributed by atoms with Crippen molar-refractivity contribution in [3.63, 3.8) is 0 Å². The molecule has 190 valence electrons. The van der Waals surface area contributed by atoms with Crippen molar-refractivity contribution in [1.29, 1.82) is 0 Å². The number of nitrogens with zero attached hydrogens (tertiary/aromatic N) is 1. The van der Waals surface area contributed by atoms with Gasteiger partial charge in [0.2, 0.25) is 0 Å². The average molecular weight is 494 g/mol. The first-order valence-electron chi connectivity index (χ1n) is 13.3.